The van der Waals surface area contributed by atoms with Crippen molar-refractivity contribution < 1.29 is 8.42 Å². The van der Waals surface area contributed by atoms with E-state index in [9.17, 15) is 8.42 Å². The molecule has 3 nitrogen and oxygen atoms in total. The van der Waals surface area contributed by atoms with E-state index in [1.54, 1.807) is 0 Å². The molecule has 1 aromatic carbocycles. The van der Waals surface area contributed by atoms with E-state index in [0.29, 0.717) is 12.5 Å². The van der Waals surface area contributed by atoms with Crippen molar-refractivity contribution in [3.63, 3.8) is 0 Å². The molecule has 0 saturated heterocycles. The lowest BCUT2D eigenvalue weighted by atomic mass is 10.1. The maximum absolute atomic E-state index is 11.0. The smallest absolute Gasteiger partial charge is 0.147 e. The third-order valence-electron chi connectivity index (χ3n) is 2.64. The van der Waals surface area contributed by atoms with Gasteiger partial charge in [-0.25, -0.2) is 8.42 Å². The highest BCUT2D eigenvalue weighted by atomic mass is 79.9. The van der Waals surface area contributed by atoms with Gasteiger partial charge in [0.2, 0.25) is 0 Å². The second kappa shape index (κ2) is 7.26. The van der Waals surface area contributed by atoms with Crippen LogP contribution in [-0.4, -0.2) is 33.0 Å². The number of halogens is 1. The van der Waals surface area contributed by atoms with E-state index in [-0.39, 0.29) is 5.75 Å². The van der Waals surface area contributed by atoms with Gasteiger partial charge in [-0.15, -0.1) is 0 Å². The summed E-state index contributed by atoms with van der Waals surface area (Å²) in [6.07, 6.45) is 2.90. The zero-order valence-corrected chi connectivity index (χ0v) is 13.2. The van der Waals surface area contributed by atoms with Crippen molar-refractivity contribution in [2.75, 3.05) is 18.6 Å². The fourth-order valence-corrected chi connectivity index (χ4v) is 2.66. The highest BCUT2D eigenvalue weighted by Gasteiger charge is 2.05. The van der Waals surface area contributed by atoms with Gasteiger partial charge in [0.05, 0.1) is 5.75 Å². The molecule has 0 fully saturated rings. The molecule has 18 heavy (non-hydrogen) atoms. The third kappa shape index (κ3) is 7.13. The lowest BCUT2D eigenvalue weighted by Gasteiger charge is -2.13. The van der Waals surface area contributed by atoms with Crippen LogP contribution in [-0.2, 0) is 16.3 Å². The van der Waals surface area contributed by atoms with Gasteiger partial charge in [0.15, 0.2) is 0 Å². The van der Waals surface area contributed by atoms with Crippen LogP contribution in [0, 0.1) is 0 Å². The Balaban J connectivity index is 2.25. The van der Waals surface area contributed by atoms with Crippen molar-refractivity contribution in [1.29, 1.82) is 0 Å². The zero-order chi connectivity index (χ0) is 13.6. The average Bonchev–Trinajstić information content (AvgIpc) is 2.26. The molecule has 0 aromatic heterocycles. The molecule has 0 aliphatic carbocycles. The van der Waals surface area contributed by atoms with Gasteiger partial charge in [-0.2, -0.15) is 0 Å². The average molecular weight is 334 g/mol. The van der Waals surface area contributed by atoms with E-state index in [2.05, 4.69) is 40.3 Å². The van der Waals surface area contributed by atoms with Crippen LogP contribution in [0.1, 0.15) is 18.9 Å². The molecule has 0 aliphatic rings. The van der Waals surface area contributed by atoms with Gasteiger partial charge in [-0.3, -0.25) is 0 Å². The van der Waals surface area contributed by atoms with Crippen molar-refractivity contribution in [3.8, 4) is 0 Å². The van der Waals surface area contributed by atoms with Crippen LogP contribution in [0.25, 0.3) is 0 Å². The van der Waals surface area contributed by atoms with Crippen LogP contribution in [0.4, 0.5) is 0 Å². The molecule has 0 heterocycles. The van der Waals surface area contributed by atoms with E-state index in [4.69, 9.17) is 0 Å². The minimum atomic E-state index is -2.83. The number of rotatable bonds is 7. The normalized spacial score (nSPS) is 13.5. The largest absolute Gasteiger partial charge is 0.314 e. The second-order valence-electron chi connectivity index (χ2n) is 4.67. The Morgan fingerprint density at radius 2 is 1.89 bits per heavy atom. The fraction of sp³-hybridized carbons (Fsp3) is 0.538. The van der Waals surface area contributed by atoms with Crippen molar-refractivity contribution in [2.45, 2.75) is 25.8 Å². The highest BCUT2D eigenvalue weighted by Crippen LogP contribution is 2.11. The summed E-state index contributed by atoms with van der Waals surface area (Å²) in [6, 6.07) is 8.61. The van der Waals surface area contributed by atoms with Crippen LogP contribution in [0.2, 0.25) is 0 Å². The predicted molar refractivity (Wildman–Crippen MR) is 79.6 cm³/mol. The van der Waals surface area contributed by atoms with Crippen molar-refractivity contribution in [3.05, 3.63) is 34.3 Å². The quantitative estimate of drug-likeness (QED) is 0.779. The summed E-state index contributed by atoms with van der Waals surface area (Å²) in [5.41, 5.74) is 1.28. The first-order chi connectivity index (χ1) is 8.37. The van der Waals surface area contributed by atoms with Gasteiger partial charge in [0.1, 0.15) is 9.84 Å². The van der Waals surface area contributed by atoms with E-state index < -0.39 is 9.84 Å². The fourth-order valence-electron chi connectivity index (χ4n) is 1.73. The Kier molecular flexibility index (Phi) is 6.32. The van der Waals surface area contributed by atoms with Gasteiger partial charge in [0, 0.05) is 16.8 Å². The number of nitrogens with one attached hydrogen (secondary N) is 1. The van der Waals surface area contributed by atoms with Crippen LogP contribution in [0.15, 0.2) is 28.7 Å². The van der Waals surface area contributed by atoms with E-state index in [1.165, 1.54) is 11.8 Å². The molecule has 1 aromatic rings. The molecule has 0 aliphatic heterocycles. The first kappa shape index (κ1) is 15.7. The Bertz CT molecular complexity index is 456. The molecule has 0 radical (unpaired) electrons. The summed E-state index contributed by atoms with van der Waals surface area (Å²) in [7, 11) is -2.83. The van der Waals surface area contributed by atoms with Crippen molar-refractivity contribution in [2.24, 2.45) is 0 Å². The summed E-state index contributed by atoms with van der Waals surface area (Å²) in [4.78, 5) is 0. The second-order valence-corrected chi connectivity index (χ2v) is 7.84. The molecule has 0 bridgehead atoms. The van der Waals surface area contributed by atoms with Gasteiger partial charge in [-0.05, 0) is 44.0 Å². The summed E-state index contributed by atoms with van der Waals surface area (Å²) >= 11 is 3.41. The summed E-state index contributed by atoms with van der Waals surface area (Å²) in [6.45, 7) is 2.85. The summed E-state index contributed by atoms with van der Waals surface area (Å²) in [5, 5.41) is 3.34. The van der Waals surface area contributed by atoms with Crippen LogP contribution in [0.3, 0.4) is 0 Å². The Hall–Kier alpha value is -0.390. The van der Waals surface area contributed by atoms with E-state index in [1.807, 2.05) is 12.1 Å². The Labute approximate surface area is 118 Å². The summed E-state index contributed by atoms with van der Waals surface area (Å²) in [5.74, 6) is 0.255. The summed E-state index contributed by atoms with van der Waals surface area (Å²) < 4.78 is 23.0. The molecule has 1 unspecified atom stereocenters. The molecule has 0 amide bonds. The number of sulfone groups is 1. The maximum Gasteiger partial charge on any atom is 0.147 e. The molecule has 1 atom stereocenters. The van der Waals surface area contributed by atoms with Gasteiger partial charge in [-0.1, -0.05) is 28.1 Å². The first-order valence-corrected chi connectivity index (χ1v) is 8.88. The topological polar surface area (TPSA) is 46.2 Å². The van der Waals surface area contributed by atoms with Crippen LogP contribution < -0.4 is 5.32 Å². The zero-order valence-electron chi connectivity index (χ0n) is 10.8. The predicted octanol–water partition coefficient (Wildman–Crippen LogP) is 2.40. The lowest BCUT2D eigenvalue weighted by Crippen LogP contribution is -2.29. The third-order valence-corrected chi connectivity index (χ3v) is 4.20. The molecule has 0 spiro atoms. The van der Waals surface area contributed by atoms with E-state index in [0.717, 1.165) is 17.4 Å². The maximum atomic E-state index is 11.0. The Morgan fingerprint density at radius 1 is 1.28 bits per heavy atom. The van der Waals surface area contributed by atoms with Crippen LogP contribution in [0.5, 0.6) is 0 Å². The molecule has 1 rings (SSSR count). The van der Waals surface area contributed by atoms with E-state index >= 15 is 0 Å². The lowest BCUT2D eigenvalue weighted by molar-refractivity contribution is 0.539. The van der Waals surface area contributed by atoms with Crippen LogP contribution >= 0.6 is 15.9 Å². The van der Waals surface area contributed by atoms with Gasteiger partial charge >= 0.3 is 0 Å². The molecular formula is C13H20BrNO2S. The highest BCUT2D eigenvalue weighted by molar-refractivity contribution is 9.10. The minimum Gasteiger partial charge on any atom is -0.314 e. The SMILES string of the molecule is CC(Cc1ccc(Br)cc1)NCCCS(C)(=O)=O. The minimum absolute atomic E-state index is 0.255. The number of hydrogen-bond donors (Lipinski definition) is 1. The monoisotopic (exact) mass is 333 g/mol. The van der Waals surface area contributed by atoms with Crippen molar-refractivity contribution in [1.82, 2.24) is 5.32 Å². The molecule has 1 N–H and O–H groups in total. The first-order valence-electron chi connectivity index (χ1n) is 6.02. The molecular weight excluding hydrogens is 314 g/mol. The molecule has 5 heteroatoms. The van der Waals surface area contributed by atoms with Crippen molar-refractivity contribution >= 4 is 25.8 Å². The molecule has 102 valence electrons. The number of hydrogen-bond acceptors (Lipinski definition) is 3. The standard InChI is InChI=1S/C13H20BrNO2S/c1-11(15-8-3-9-18(2,16)17)10-12-4-6-13(14)7-5-12/h4-7,11,15H,3,8-10H2,1-2H3. The number of benzene rings is 1. The van der Waals surface area contributed by atoms with Gasteiger partial charge in [0.25, 0.3) is 0 Å². The Morgan fingerprint density at radius 3 is 2.44 bits per heavy atom. The molecule has 0 saturated carbocycles. The van der Waals surface area contributed by atoms with Gasteiger partial charge < -0.3 is 5.32 Å².